The number of hydroxylamine groups is 1. The number of nitrogens with one attached hydrogen (secondary N) is 2. The standard InChI is InChI=1S/C22H22FN5O2S/c23-18-7-4-8-19(13-18)31-28-11-9-22(10-12-28,17-5-2-1-3-6-17)26-21-24-14-16(15-25-21)20(29)27-30/h1-8,13-15,30H,9-12H2,(H,27,29)(H,24,25,26). The van der Waals surface area contributed by atoms with Crippen LogP contribution in [0.15, 0.2) is 71.9 Å². The van der Waals surface area contributed by atoms with Crippen LogP contribution in [0.1, 0.15) is 28.8 Å². The van der Waals surface area contributed by atoms with E-state index >= 15 is 0 Å². The van der Waals surface area contributed by atoms with E-state index in [0.717, 1.165) is 36.4 Å². The summed E-state index contributed by atoms with van der Waals surface area (Å²) in [6.07, 6.45) is 4.33. The van der Waals surface area contributed by atoms with Gasteiger partial charge in [0, 0.05) is 30.4 Å². The zero-order chi connectivity index (χ0) is 21.7. The van der Waals surface area contributed by atoms with Gasteiger partial charge in [-0.1, -0.05) is 36.4 Å². The van der Waals surface area contributed by atoms with Crippen LogP contribution in [0.5, 0.6) is 0 Å². The number of halogens is 1. The Hall–Kier alpha value is -3.01. The average Bonchev–Trinajstić information content (AvgIpc) is 2.81. The van der Waals surface area contributed by atoms with E-state index in [0.29, 0.717) is 5.95 Å². The summed E-state index contributed by atoms with van der Waals surface area (Å²) in [4.78, 5) is 20.9. The van der Waals surface area contributed by atoms with Crippen LogP contribution in [0.2, 0.25) is 0 Å². The second kappa shape index (κ2) is 9.42. The van der Waals surface area contributed by atoms with Gasteiger partial charge in [-0.25, -0.2) is 24.1 Å². The SMILES string of the molecule is O=C(NO)c1cnc(NC2(c3ccccc3)CCN(Sc3cccc(F)c3)CC2)nc1. The van der Waals surface area contributed by atoms with Gasteiger partial charge < -0.3 is 5.32 Å². The molecule has 31 heavy (non-hydrogen) atoms. The van der Waals surface area contributed by atoms with Gasteiger partial charge in [-0.05, 0) is 48.6 Å². The molecule has 3 N–H and O–H groups in total. The molecular formula is C22H22FN5O2S. The molecule has 1 fully saturated rings. The van der Waals surface area contributed by atoms with E-state index < -0.39 is 5.91 Å². The van der Waals surface area contributed by atoms with Crippen LogP contribution < -0.4 is 10.8 Å². The average molecular weight is 440 g/mol. The minimum atomic E-state index is -0.660. The topological polar surface area (TPSA) is 90.4 Å². The van der Waals surface area contributed by atoms with Crippen molar-refractivity contribution >= 4 is 23.8 Å². The van der Waals surface area contributed by atoms with Crippen molar-refractivity contribution in [2.24, 2.45) is 0 Å². The molecule has 7 nitrogen and oxygen atoms in total. The first-order chi connectivity index (χ1) is 15.1. The number of benzene rings is 2. The quantitative estimate of drug-likeness (QED) is 0.305. The van der Waals surface area contributed by atoms with E-state index in [4.69, 9.17) is 5.21 Å². The van der Waals surface area contributed by atoms with Gasteiger partial charge in [0.05, 0.1) is 11.1 Å². The lowest BCUT2D eigenvalue weighted by atomic mass is 9.81. The number of anilines is 1. The lowest BCUT2D eigenvalue weighted by molar-refractivity contribution is 0.0705. The first kappa shape index (κ1) is 21.2. The van der Waals surface area contributed by atoms with Crippen molar-refractivity contribution in [3.8, 4) is 0 Å². The second-order valence-electron chi connectivity index (χ2n) is 7.29. The van der Waals surface area contributed by atoms with Crippen LogP contribution in [-0.4, -0.2) is 38.5 Å². The fourth-order valence-corrected chi connectivity index (χ4v) is 4.63. The number of rotatable bonds is 6. The van der Waals surface area contributed by atoms with E-state index in [1.807, 2.05) is 24.3 Å². The minimum Gasteiger partial charge on any atom is -0.345 e. The maximum absolute atomic E-state index is 13.5. The molecule has 0 bridgehead atoms. The molecule has 1 aliphatic rings. The number of hydrogen-bond acceptors (Lipinski definition) is 7. The highest BCUT2D eigenvalue weighted by Gasteiger charge is 2.37. The Kier molecular flexibility index (Phi) is 6.45. The fourth-order valence-electron chi connectivity index (χ4n) is 3.66. The number of nitrogens with zero attached hydrogens (tertiary/aromatic N) is 3. The molecule has 160 valence electrons. The Morgan fingerprint density at radius 1 is 1.06 bits per heavy atom. The first-order valence-electron chi connectivity index (χ1n) is 9.87. The van der Waals surface area contributed by atoms with Crippen molar-refractivity contribution in [2.45, 2.75) is 23.3 Å². The molecule has 1 aromatic heterocycles. The summed E-state index contributed by atoms with van der Waals surface area (Å²) in [6, 6.07) is 16.7. The van der Waals surface area contributed by atoms with Crippen LogP contribution in [-0.2, 0) is 5.54 Å². The maximum Gasteiger partial charge on any atom is 0.277 e. The maximum atomic E-state index is 13.5. The molecule has 3 aromatic rings. The smallest absolute Gasteiger partial charge is 0.277 e. The van der Waals surface area contributed by atoms with Crippen LogP contribution in [0, 0.1) is 5.82 Å². The number of hydrogen-bond donors (Lipinski definition) is 3. The van der Waals surface area contributed by atoms with E-state index in [-0.39, 0.29) is 16.9 Å². The molecule has 1 saturated heterocycles. The van der Waals surface area contributed by atoms with Crippen molar-refractivity contribution in [2.75, 3.05) is 18.4 Å². The predicted octanol–water partition coefficient (Wildman–Crippen LogP) is 3.85. The zero-order valence-electron chi connectivity index (χ0n) is 16.7. The van der Waals surface area contributed by atoms with Crippen molar-refractivity contribution in [3.63, 3.8) is 0 Å². The molecule has 9 heteroatoms. The van der Waals surface area contributed by atoms with Gasteiger partial charge in [0.1, 0.15) is 5.82 Å². The molecule has 1 amide bonds. The Bertz CT molecular complexity index is 1030. The van der Waals surface area contributed by atoms with Crippen molar-refractivity contribution in [3.05, 3.63) is 83.9 Å². The number of carbonyl (C=O) groups excluding carboxylic acids is 1. The third-order valence-corrected chi connectivity index (χ3v) is 6.39. The second-order valence-corrected chi connectivity index (χ2v) is 8.46. The molecule has 0 spiro atoms. The Balaban J connectivity index is 1.51. The molecule has 0 unspecified atom stereocenters. The molecule has 0 saturated carbocycles. The summed E-state index contributed by atoms with van der Waals surface area (Å²) < 4.78 is 15.7. The van der Waals surface area contributed by atoms with E-state index in [2.05, 4.69) is 31.7 Å². The van der Waals surface area contributed by atoms with Crippen LogP contribution >= 0.6 is 11.9 Å². The third-order valence-electron chi connectivity index (χ3n) is 5.30. The first-order valence-corrected chi connectivity index (χ1v) is 10.6. The van der Waals surface area contributed by atoms with Crippen LogP contribution in [0.3, 0.4) is 0 Å². The normalized spacial score (nSPS) is 15.9. The summed E-state index contributed by atoms with van der Waals surface area (Å²) in [7, 11) is 0. The van der Waals surface area contributed by atoms with Crippen molar-refractivity contribution < 1.29 is 14.4 Å². The molecule has 1 aliphatic heterocycles. The molecule has 2 heterocycles. The lowest BCUT2D eigenvalue weighted by Gasteiger charge is -2.42. The summed E-state index contributed by atoms with van der Waals surface area (Å²) >= 11 is 1.55. The van der Waals surface area contributed by atoms with Crippen LogP contribution in [0.25, 0.3) is 0 Å². The monoisotopic (exact) mass is 439 g/mol. The van der Waals surface area contributed by atoms with Crippen molar-refractivity contribution in [1.82, 2.24) is 19.8 Å². The number of carbonyl (C=O) groups is 1. The highest BCUT2D eigenvalue weighted by atomic mass is 32.2. The molecule has 4 rings (SSSR count). The van der Waals surface area contributed by atoms with Gasteiger partial charge in [0.2, 0.25) is 5.95 Å². The summed E-state index contributed by atoms with van der Waals surface area (Å²) in [5.41, 5.74) is 2.50. The Morgan fingerprint density at radius 2 is 1.77 bits per heavy atom. The molecule has 0 radical (unpaired) electrons. The summed E-state index contributed by atoms with van der Waals surface area (Å²) in [6.45, 7) is 1.57. The molecule has 0 atom stereocenters. The Labute approximate surface area is 183 Å². The van der Waals surface area contributed by atoms with Gasteiger partial charge in [0.25, 0.3) is 5.91 Å². The van der Waals surface area contributed by atoms with E-state index in [1.165, 1.54) is 18.5 Å². The fraction of sp³-hybridized carbons (Fsp3) is 0.227. The lowest BCUT2D eigenvalue weighted by Crippen LogP contribution is -2.45. The largest absolute Gasteiger partial charge is 0.345 e. The predicted molar refractivity (Wildman–Crippen MR) is 116 cm³/mol. The van der Waals surface area contributed by atoms with Gasteiger partial charge in [-0.15, -0.1) is 0 Å². The molecule has 2 aromatic carbocycles. The molecular weight excluding hydrogens is 417 g/mol. The number of piperidine rings is 1. The van der Waals surface area contributed by atoms with Crippen LogP contribution in [0.4, 0.5) is 10.3 Å². The van der Waals surface area contributed by atoms with Gasteiger partial charge in [-0.3, -0.25) is 10.0 Å². The molecule has 0 aliphatic carbocycles. The number of amides is 1. The minimum absolute atomic E-state index is 0.170. The summed E-state index contributed by atoms with van der Waals surface area (Å²) in [5.74, 6) is -0.491. The zero-order valence-corrected chi connectivity index (χ0v) is 17.5. The Morgan fingerprint density at radius 3 is 2.42 bits per heavy atom. The highest BCUT2D eigenvalue weighted by Crippen LogP contribution is 2.38. The van der Waals surface area contributed by atoms with Crippen molar-refractivity contribution in [1.29, 1.82) is 0 Å². The van der Waals surface area contributed by atoms with E-state index in [1.54, 1.807) is 29.6 Å². The number of aromatic nitrogens is 2. The van der Waals surface area contributed by atoms with Gasteiger partial charge in [0.15, 0.2) is 0 Å². The third kappa shape index (κ3) is 5.01. The highest BCUT2D eigenvalue weighted by molar-refractivity contribution is 7.97. The summed E-state index contributed by atoms with van der Waals surface area (Å²) in [5, 5.41) is 12.2. The van der Waals surface area contributed by atoms with E-state index in [9.17, 15) is 9.18 Å². The van der Waals surface area contributed by atoms with Gasteiger partial charge in [-0.2, -0.15) is 0 Å². The van der Waals surface area contributed by atoms with Gasteiger partial charge >= 0.3 is 0 Å².